The smallest absolute Gasteiger partial charge is 0.182 e. The number of aromatic nitrogens is 4. The van der Waals surface area contributed by atoms with Gasteiger partial charge in [0.1, 0.15) is 16.0 Å². The van der Waals surface area contributed by atoms with Crippen LogP contribution in [0.1, 0.15) is 5.56 Å². The minimum atomic E-state index is 0.293. The molecule has 3 rings (SSSR count). The lowest BCUT2D eigenvalue weighted by molar-refractivity contribution is 1.11. The van der Waals surface area contributed by atoms with Crippen LogP contribution in [0.5, 0.6) is 0 Å². The summed E-state index contributed by atoms with van der Waals surface area (Å²) >= 11 is 12.6. The highest BCUT2D eigenvalue weighted by Crippen LogP contribution is 2.34. The van der Waals surface area contributed by atoms with Gasteiger partial charge >= 0.3 is 0 Å². The van der Waals surface area contributed by atoms with E-state index < -0.39 is 0 Å². The SMILES string of the molecule is Cc1cccc(-c2c(Cl)nc(-c3cnccn3)nc2Cl)c1. The van der Waals surface area contributed by atoms with E-state index in [2.05, 4.69) is 19.9 Å². The van der Waals surface area contributed by atoms with E-state index >= 15 is 0 Å². The summed E-state index contributed by atoms with van der Waals surface area (Å²) in [7, 11) is 0. The third-order valence-electron chi connectivity index (χ3n) is 2.92. The third-order valence-corrected chi connectivity index (χ3v) is 3.47. The molecule has 2 aromatic heterocycles. The van der Waals surface area contributed by atoms with Crippen LogP contribution in [0.25, 0.3) is 22.6 Å². The molecule has 21 heavy (non-hydrogen) atoms. The summed E-state index contributed by atoms with van der Waals surface area (Å²) in [6.45, 7) is 2.00. The average molecular weight is 317 g/mol. The van der Waals surface area contributed by atoms with E-state index in [1.807, 2.05) is 31.2 Å². The molecule has 0 aliphatic rings. The molecule has 0 N–H and O–H groups in total. The van der Waals surface area contributed by atoms with E-state index in [-0.39, 0.29) is 0 Å². The second kappa shape index (κ2) is 5.76. The van der Waals surface area contributed by atoms with Crippen LogP contribution < -0.4 is 0 Å². The fraction of sp³-hybridized carbons (Fsp3) is 0.0667. The van der Waals surface area contributed by atoms with Crippen molar-refractivity contribution < 1.29 is 0 Å². The van der Waals surface area contributed by atoms with Crippen molar-refractivity contribution in [1.82, 2.24) is 19.9 Å². The highest BCUT2D eigenvalue weighted by Gasteiger charge is 2.15. The van der Waals surface area contributed by atoms with Gasteiger partial charge in [0.25, 0.3) is 0 Å². The molecule has 0 unspecified atom stereocenters. The number of hydrogen-bond acceptors (Lipinski definition) is 4. The summed E-state index contributed by atoms with van der Waals surface area (Å²) in [5.41, 5.74) is 3.14. The Bertz CT molecular complexity index is 768. The van der Waals surface area contributed by atoms with Crippen LogP contribution in [-0.2, 0) is 0 Å². The van der Waals surface area contributed by atoms with Crippen LogP contribution in [-0.4, -0.2) is 19.9 Å². The lowest BCUT2D eigenvalue weighted by Crippen LogP contribution is -1.96. The monoisotopic (exact) mass is 316 g/mol. The number of halogens is 2. The van der Waals surface area contributed by atoms with Gasteiger partial charge in [-0.25, -0.2) is 15.0 Å². The summed E-state index contributed by atoms with van der Waals surface area (Å²) in [5, 5.41) is 0.586. The van der Waals surface area contributed by atoms with Crippen molar-refractivity contribution in [3.8, 4) is 22.6 Å². The first-order valence-corrected chi connectivity index (χ1v) is 6.97. The fourth-order valence-electron chi connectivity index (χ4n) is 1.98. The Morgan fingerprint density at radius 3 is 2.38 bits per heavy atom. The molecule has 0 atom stereocenters. The summed E-state index contributed by atoms with van der Waals surface area (Å²) in [5.74, 6) is 0.356. The van der Waals surface area contributed by atoms with Crippen LogP contribution >= 0.6 is 23.2 Å². The lowest BCUT2D eigenvalue weighted by atomic mass is 10.1. The maximum Gasteiger partial charge on any atom is 0.182 e. The lowest BCUT2D eigenvalue weighted by Gasteiger charge is -2.08. The summed E-state index contributed by atoms with van der Waals surface area (Å²) < 4.78 is 0. The van der Waals surface area contributed by atoms with Crippen molar-refractivity contribution in [2.24, 2.45) is 0 Å². The summed E-state index contributed by atoms with van der Waals surface area (Å²) in [6.07, 6.45) is 4.71. The predicted molar refractivity (Wildman–Crippen MR) is 83.3 cm³/mol. The molecule has 4 nitrogen and oxygen atoms in total. The van der Waals surface area contributed by atoms with Gasteiger partial charge in [0.15, 0.2) is 5.82 Å². The molecule has 0 amide bonds. The van der Waals surface area contributed by atoms with Gasteiger partial charge < -0.3 is 0 Å². The van der Waals surface area contributed by atoms with Crippen LogP contribution in [0.2, 0.25) is 10.3 Å². The van der Waals surface area contributed by atoms with E-state index in [1.54, 1.807) is 18.6 Å². The molecule has 0 bridgehead atoms. The maximum atomic E-state index is 6.29. The topological polar surface area (TPSA) is 51.6 Å². The van der Waals surface area contributed by atoms with Crippen molar-refractivity contribution in [1.29, 1.82) is 0 Å². The van der Waals surface area contributed by atoms with Crippen molar-refractivity contribution in [2.75, 3.05) is 0 Å². The second-order valence-electron chi connectivity index (χ2n) is 4.46. The van der Waals surface area contributed by atoms with E-state index in [0.29, 0.717) is 27.4 Å². The number of benzene rings is 1. The normalized spacial score (nSPS) is 10.6. The first-order valence-electron chi connectivity index (χ1n) is 6.21. The van der Waals surface area contributed by atoms with Crippen LogP contribution in [0.4, 0.5) is 0 Å². The van der Waals surface area contributed by atoms with Gasteiger partial charge in [0, 0.05) is 12.4 Å². The van der Waals surface area contributed by atoms with Crippen LogP contribution in [0.3, 0.4) is 0 Å². The quantitative estimate of drug-likeness (QED) is 0.664. The fourth-order valence-corrected chi connectivity index (χ4v) is 2.58. The molecule has 1 aromatic carbocycles. The van der Waals surface area contributed by atoms with E-state index in [4.69, 9.17) is 23.2 Å². The molecular weight excluding hydrogens is 307 g/mol. The maximum absolute atomic E-state index is 6.29. The summed E-state index contributed by atoms with van der Waals surface area (Å²) in [4.78, 5) is 16.7. The van der Waals surface area contributed by atoms with Gasteiger partial charge in [-0.05, 0) is 12.5 Å². The van der Waals surface area contributed by atoms with Crippen LogP contribution in [0, 0.1) is 6.92 Å². The molecule has 6 heteroatoms. The van der Waals surface area contributed by atoms with Gasteiger partial charge in [-0.3, -0.25) is 4.98 Å². The first-order chi connectivity index (χ1) is 10.1. The molecule has 3 aromatic rings. The summed E-state index contributed by atoms with van der Waals surface area (Å²) in [6, 6.07) is 7.85. The zero-order valence-electron chi connectivity index (χ0n) is 11.1. The van der Waals surface area contributed by atoms with E-state index in [9.17, 15) is 0 Å². The van der Waals surface area contributed by atoms with Crippen LogP contribution in [0.15, 0.2) is 42.9 Å². The molecule has 0 saturated heterocycles. The standard InChI is InChI=1S/C15H10Cl2N4/c1-9-3-2-4-10(7-9)12-13(16)20-15(21-14(12)17)11-8-18-5-6-19-11/h2-8H,1H3. The van der Waals surface area contributed by atoms with E-state index in [0.717, 1.165) is 11.1 Å². The first kappa shape index (κ1) is 13.9. The molecule has 0 spiro atoms. The Morgan fingerprint density at radius 1 is 1.00 bits per heavy atom. The predicted octanol–water partition coefficient (Wildman–Crippen LogP) is 4.22. The molecular formula is C15H10Cl2N4. The van der Waals surface area contributed by atoms with Gasteiger partial charge in [0.2, 0.25) is 0 Å². The second-order valence-corrected chi connectivity index (χ2v) is 5.18. The van der Waals surface area contributed by atoms with Crippen molar-refractivity contribution in [3.63, 3.8) is 0 Å². The highest BCUT2D eigenvalue weighted by molar-refractivity contribution is 6.37. The minimum absolute atomic E-state index is 0.293. The zero-order chi connectivity index (χ0) is 14.8. The number of nitrogens with zero attached hydrogens (tertiary/aromatic N) is 4. The Kier molecular flexibility index (Phi) is 3.82. The number of rotatable bonds is 2. The number of hydrogen-bond donors (Lipinski definition) is 0. The molecule has 0 fully saturated rings. The highest BCUT2D eigenvalue weighted by atomic mass is 35.5. The van der Waals surface area contributed by atoms with Crippen molar-refractivity contribution >= 4 is 23.2 Å². The Balaban J connectivity index is 2.13. The molecule has 2 heterocycles. The molecule has 0 radical (unpaired) electrons. The van der Waals surface area contributed by atoms with Crippen molar-refractivity contribution in [2.45, 2.75) is 6.92 Å². The minimum Gasteiger partial charge on any atom is -0.261 e. The number of aryl methyl sites for hydroxylation is 1. The third kappa shape index (κ3) is 2.86. The molecule has 0 saturated carbocycles. The Morgan fingerprint density at radius 2 is 1.76 bits per heavy atom. The van der Waals surface area contributed by atoms with Gasteiger partial charge in [0.05, 0.1) is 11.8 Å². The Hall–Kier alpha value is -2.04. The molecule has 104 valence electrons. The molecule has 0 aliphatic heterocycles. The van der Waals surface area contributed by atoms with Gasteiger partial charge in [-0.15, -0.1) is 0 Å². The van der Waals surface area contributed by atoms with E-state index in [1.165, 1.54) is 0 Å². The van der Waals surface area contributed by atoms with Gasteiger partial charge in [-0.1, -0.05) is 53.0 Å². The van der Waals surface area contributed by atoms with Crippen molar-refractivity contribution in [3.05, 3.63) is 58.7 Å². The average Bonchev–Trinajstić information content (AvgIpc) is 2.47. The molecule has 0 aliphatic carbocycles. The largest absolute Gasteiger partial charge is 0.261 e. The van der Waals surface area contributed by atoms with Gasteiger partial charge in [-0.2, -0.15) is 0 Å². The zero-order valence-corrected chi connectivity index (χ0v) is 12.6. The Labute approximate surface area is 131 Å².